The Morgan fingerprint density at radius 3 is 2.65 bits per heavy atom. The second kappa shape index (κ2) is 9.42. The van der Waals surface area contributed by atoms with Crippen molar-refractivity contribution in [1.82, 2.24) is 20.4 Å². The van der Waals surface area contributed by atoms with Gasteiger partial charge < -0.3 is 19.5 Å². The largest absolute Gasteiger partial charge is 0.484 e. The molecule has 1 atom stereocenters. The van der Waals surface area contributed by atoms with E-state index < -0.39 is 0 Å². The van der Waals surface area contributed by atoms with Gasteiger partial charge in [0.25, 0.3) is 11.8 Å². The molecular weight excluding hydrogens is 396 g/mol. The SMILES string of the molecule is CNC(=O)c1ccc(-c2noc([C@H]3CCCCN3C(=O)COc3ccccc3)n2)cc1. The molecule has 1 N–H and O–H groups in total. The van der Waals surface area contributed by atoms with Crippen LogP contribution in [0.1, 0.15) is 41.6 Å². The van der Waals surface area contributed by atoms with Crippen LogP contribution in [0, 0.1) is 0 Å². The third-order valence-corrected chi connectivity index (χ3v) is 5.29. The maximum absolute atomic E-state index is 12.8. The Bertz CT molecular complexity index is 1030. The second-order valence-corrected chi connectivity index (χ2v) is 7.31. The third kappa shape index (κ3) is 4.74. The van der Waals surface area contributed by atoms with E-state index in [9.17, 15) is 9.59 Å². The van der Waals surface area contributed by atoms with Gasteiger partial charge in [-0.15, -0.1) is 0 Å². The highest BCUT2D eigenvalue weighted by Crippen LogP contribution is 2.31. The van der Waals surface area contributed by atoms with Crippen molar-refractivity contribution in [3.63, 3.8) is 0 Å². The Morgan fingerprint density at radius 2 is 1.90 bits per heavy atom. The van der Waals surface area contributed by atoms with E-state index >= 15 is 0 Å². The lowest BCUT2D eigenvalue weighted by Crippen LogP contribution is -2.41. The molecule has 2 amide bonds. The van der Waals surface area contributed by atoms with Crippen molar-refractivity contribution in [3.8, 4) is 17.1 Å². The number of nitrogens with one attached hydrogen (secondary N) is 1. The Kier molecular flexibility index (Phi) is 6.26. The fraction of sp³-hybridized carbons (Fsp3) is 0.304. The van der Waals surface area contributed by atoms with Gasteiger partial charge in [0.05, 0.1) is 0 Å². The number of piperidine rings is 1. The summed E-state index contributed by atoms with van der Waals surface area (Å²) in [5.41, 5.74) is 1.29. The minimum Gasteiger partial charge on any atom is -0.484 e. The average molecular weight is 420 g/mol. The molecule has 160 valence electrons. The second-order valence-electron chi connectivity index (χ2n) is 7.31. The normalized spacial score (nSPS) is 16.0. The predicted molar refractivity (Wildman–Crippen MR) is 113 cm³/mol. The van der Waals surface area contributed by atoms with Crippen LogP contribution in [-0.2, 0) is 4.79 Å². The fourth-order valence-corrected chi connectivity index (χ4v) is 3.63. The maximum atomic E-state index is 12.8. The predicted octanol–water partition coefficient (Wildman–Crippen LogP) is 3.23. The Labute approximate surface area is 180 Å². The lowest BCUT2D eigenvalue weighted by molar-refractivity contribution is -0.138. The van der Waals surface area contributed by atoms with Crippen LogP contribution in [-0.4, -0.2) is 47.1 Å². The summed E-state index contributed by atoms with van der Waals surface area (Å²) in [6.07, 6.45) is 2.66. The number of hydrogen-bond acceptors (Lipinski definition) is 6. The molecule has 1 aliphatic heterocycles. The van der Waals surface area contributed by atoms with Gasteiger partial charge in [0, 0.05) is 24.7 Å². The molecule has 0 saturated carbocycles. The molecule has 2 heterocycles. The molecule has 1 aromatic heterocycles. The summed E-state index contributed by atoms with van der Waals surface area (Å²) in [5, 5.41) is 6.68. The lowest BCUT2D eigenvalue weighted by atomic mass is 10.0. The molecule has 1 saturated heterocycles. The molecule has 3 aromatic rings. The Hall–Kier alpha value is -3.68. The molecule has 4 rings (SSSR count). The van der Waals surface area contributed by atoms with Crippen LogP contribution in [0.5, 0.6) is 5.75 Å². The molecule has 1 aliphatic rings. The molecule has 1 fully saturated rings. The lowest BCUT2D eigenvalue weighted by Gasteiger charge is -2.33. The van der Waals surface area contributed by atoms with Gasteiger partial charge in [-0.1, -0.05) is 35.5 Å². The van der Waals surface area contributed by atoms with Gasteiger partial charge in [0.1, 0.15) is 11.8 Å². The van der Waals surface area contributed by atoms with Crippen LogP contribution >= 0.6 is 0 Å². The van der Waals surface area contributed by atoms with Crippen molar-refractivity contribution in [1.29, 1.82) is 0 Å². The maximum Gasteiger partial charge on any atom is 0.261 e. The average Bonchev–Trinajstić information content (AvgIpc) is 3.33. The first-order valence-corrected chi connectivity index (χ1v) is 10.3. The molecule has 0 spiro atoms. The van der Waals surface area contributed by atoms with Crippen molar-refractivity contribution in [2.75, 3.05) is 20.2 Å². The summed E-state index contributed by atoms with van der Waals surface area (Å²) in [6.45, 7) is 0.586. The van der Waals surface area contributed by atoms with Crippen LogP contribution in [0.2, 0.25) is 0 Å². The number of aromatic nitrogens is 2. The number of ether oxygens (including phenoxy) is 1. The first-order valence-electron chi connectivity index (χ1n) is 10.3. The summed E-state index contributed by atoms with van der Waals surface area (Å²) < 4.78 is 11.2. The minimum atomic E-state index is -0.271. The highest BCUT2D eigenvalue weighted by Gasteiger charge is 2.32. The van der Waals surface area contributed by atoms with E-state index in [0.717, 1.165) is 24.8 Å². The molecule has 8 heteroatoms. The van der Waals surface area contributed by atoms with E-state index in [1.165, 1.54) is 0 Å². The monoisotopic (exact) mass is 420 g/mol. The van der Waals surface area contributed by atoms with E-state index in [-0.39, 0.29) is 24.5 Å². The number of carbonyl (C=O) groups excluding carboxylic acids is 2. The summed E-state index contributed by atoms with van der Waals surface area (Å²) in [4.78, 5) is 30.8. The molecule has 0 radical (unpaired) electrons. The van der Waals surface area contributed by atoms with Crippen molar-refractivity contribution in [2.24, 2.45) is 0 Å². The topological polar surface area (TPSA) is 97.6 Å². The number of amides is 2. The number of para-hydroxylation sites is 1. The summed E-state index contributed by atoms with van der Waals surface area (Å²) in [5.74, 6) is 1.23. The number of carbonyl (C=O) groups is 2. The van der Waals surface area contributed by atoms with Crippen molar-refractivity contribution < 1.29 is 18.8 Å². The van der Waals surface area contributed by atoms with E-state index in [2.05, 4.69) is 15.5 Å². The first kappa shape index (κ1) is 20.6. The molecule has 0 bridgehead atoms. The van der Waals surface area contributed by atoms with Crippen LogP contribution in [0.15, 0.2) is 59.1 Å². The third-order valence-electron chi connectivity index (χ3n) is 5.29. The standard InChI is InChI=1S/C23H24N4O4/c1-24-22(29)17-12-10-16(11-13-17)21-25-23(31-26-21)19-9-5-6-14-27(19)20(28)15-30-18-7-3-2-4-8-18/h2-4,7-8,10-13,19H,5-6,9,14-15H2,1H3,(H,24,29)/t19-/m1/s1. The Morgan fingerprint density at radius 1 is 1.13 bits per heavy atom. The number of nitrogens with zero attached hydrogens (tertiary/aromatic N) is 3. The number of rotatable bonds is 6. The van der Waals surface area contributed by atoms with Gasteiger partial charge in [0.2, 0.25) is 11.7 Å². The van der Waals surface area contributed by atoms with E-state index in [1.807, 2.05) is 30.3 Å². The van der Waals surface area contributed by atoms with Gasteiger partial charge in [-0.05, 0) is 43.5 Å². The van der Waals surface area contributed by atoms with Crippen molar-refractivity contribution >= 4 is 11.8 Å². The van der Waals surface area contributed by atoms with E-state index in [4.69, 9.17) is 9.26 Å². The molecule has 31 heavy (non-hydrogen) atoms. The van der Waals surface area contributed by atoms with Crippen LogP contribution in [0.4, 0.5) is 0 Å². The van der Waals surface area contributed by atoms with E-state index in [1.54, 1.807) is 36.2 Å². The van der Waals surface area contributed by atoms with Crippen LogP contribution in [0.25, 0.3) is 11.4 Å². The summed E-state index contributed by atoms with van der Waals surface area (Å²) >= 11 is 0. The highest BCUT2D eigenvalue weighted by atomic mass is 16.5. The van der Waals surface area contributed by atoms with Crippen molar-refractivity contribution in [3.05, 3.63) is 66.1 Å². The zero-order valence-electron chi connectivity index (χ0n) is 17.3. The fourth-order valence-electron chi connectivity index (χ4n) is 3.63. The first-order chi connectivity index (χ1) is 15.2. The molecule has 0 aliphatic carbocycles. The van der Waals surface area contributed by atoms with E-state index in [0.29, 0.717) is 29.6 Å². The molecule has 2 aromatic carbocycles. The molecule has 8 nitrogen and oxygen atoms in total. The van der Waals surface area contributed by atoms with Gasteiger partial charge in [0.15, 0.2) is 6.61 Å². The summed E-state index contributed by atoms with van der Waals surface area (Å²) in [6, 6.07) is 16.0. The zero-order valence-corrected chi connectivity index (χ0v) is 17.3. The zero-order chi connectivity index (χ0) is 21.6. The van der Waals surface area contributed by atoms with Gasteiger partial charge in [-0.3, -0.25) is 9.59 Å². The summed E-state index contributed by atoms with van der Waals surface area (Å²) in [7, 11) is 1.59. The minimum absolute atomic E-state index is 0.0392. The quantitative estimate of drug-likeness (QED) is 0.658. The number of likely N-dealkylation sites (tertiary alicyclic amines) is 1. The van der Waals surface area contributed by atoms with Gasteiger partial charge in [-0.25, -0.2) is 0 Å². The van der Waals surface area contributed by atoms with Crippen LogP contribution < -0.4 is 10.1 Å². The van der Waals surface area contributed by atoms with Gasteiger partial charge >= 0.3 is 0 Å². The van der Waals surface area contributed by atoms with Gasteiger partial charge in [-0.2, -0.15) is 4.98 Å². The molecular formula is C23H24N4O4. The Balaban J connectivity index is 1.46. The number of benzene rings is 2. The van der Waals surface area contributed by atoms with Crippen molar-refractivity contribution in [2.45, 2.75) is 25.3 Å². The highest BCUT2D eigenvalue weighted by molar-refractivity contribution is 5.94. The molecule has 0 unspecified atom stereocenters. The number of hydrogen-bond donors (Lipinski definition) is 1. The smallest absolute Gasteiger partial charge is 0.261 e. The van der Waals surface area contributed by atoms with Crippen LogP contribution in [0.3, 0.4) is 0 Å².